The molecule has 0 aromatic heterocycles. The lowest BCUT2D eigenvalue weighted by Crippen LogP contribution is -2.24. The van der Waals surface area contributed by atoms with Crippen LogP contribution < -0.4 is 16.2 Å². The van der Waals surface area contributed by atoms with Gasteiger partial charge in [0.1, 0.15) is 12.4 Å². The van der Waals surface area contributed by atoms with E-state index in [9.17, 15) is 4.79 Å². The standard InChI is InChI=1S/C17H13Cl2N3O2/c18-13-3-1-9(8-14(13)19)11-5-6-24-15-4-2-10(7-12(11)15)16(23)22-17(20)21/h1-5,7-8H,6H2,(H4,20,21,22,23). The first kappa shape index (κ1) is 16.4. The van der Waals surface area contributed by atoms with E-state index in [1.54, 1.807) is 30.3 Å². The highest BCUT2D eigenvalue weighted by atomic mass is 35.5. The quantitative estimate of drug-likeness (QED) is 0.634. The molecule has 0 saturated heterocycles. The molecule has 0 bridgehead atoms. The Morgan fingerprint density at radius 1 is 1.08 bits per heavy atom. The minimum atomic E-state index is -0.517. The van der Waals surface area contributed by atoms with E-state index in [1.165, 1.54) is 0 Å². The lowest BCUT2D eigenvalue weighted by atomic mass is 9.94. The summed E-state index contributed by atoms with van der Waals surface area (Å²) in [5.41, 5.74) is 13.4. The lowest BCUT2D eigenvalue weighted by Gasteiger charge is -2.20. The molecule has 0 unspecified atom stereocenters. The van der Waals surface area contributed by atoms with Crippen LogP contribution in [0.1, 0.15) is 21.5 Å². The van der Waals surface area contributed by atoms with Crippen LogP contribution in [0, 0.1) is 0 Å². The van der Waals surface area contributed by atoms with Crippen molar-refractivity contribution in [3.05, 3.63) is 69.2 Å². The number of nitrogens with two attached hydrogens (primary N) is 2. The van der Waals surface area contributed by atoms with Gasteiger partial charge in [0.25, 0.3) is 5.91 Å². The summed E-state index contributed by atoms with van der Waals surface area (Å²) >= 11 is 12.1. The maximum atomic E-state index is 12.0. The van der Waals surface area contributed by atoms with E-state index >= 15 is 0 Å². The van der Waals surface area contributed by atoms with Crippen molar-refractivity contribution in [3.8, 4) is 5.75 Å². The molecule has 0 radical (unpaired) electrons. The van der Waals surface area contributed by atoms with Crippen molar-refractivity contribution >= 4 is 40.6 Å². The Kier molecular flexibility index (Phi) is 4.46. The number of fused-ring (bicyclic) bond motifs is 1. The molecular formula is C17H13Cl2N3O2. The molecule has 2 aromatic carbocycles. The van der Waals surface area contributed by atoms with Crippen molar-refractivity contribution in [1.29, 1.82) is 0 Å². The van der Waals surface area contributed by atoms with E-state index in [-0.39, 0.29) is 5.96 Å². The third kappa shape index (κ3) is 3.22. The predicted octanol–water partition coefficient (Wildman–Crippen LogP) is 3.23. The maximum Gasteiger partial charge on any atom is 0.280 e. The zero-order valence-corrected chi connectivity index (χ0v) is 13.9. The molecule has 5 nitrogen and oxygen atoms in total. The largest absolute Gasteiger partial charge is 0.489 e. The van der Waals surface area contributed by atoms with Crippen LogP contribution in [0.4, 0.5) is 0 Å². The van der Waals surface area contributed by atoms with Gasteiger partial charge in [0, 0.05) is 11.1 Å². The molecule has 24 heavy (non-hydrogen) atoms. The number of carbonyl (C=O) groups is 1. The van der Waals surface area contributed by atoms with Gasteiger partial charge in [-0.15, -0.1) is 0 Å². The lowest BCUT2D eigenvalue weighted by molar-refractivity contribution is 0.100. The summed E-state index contributed by atoms with van der Waals surface area (Å²) < 4.78 is 5.61. The van der Waals surface area contributed by atoms with E-state index < -0.39 is 5.91 Å². The Bertz CT molecular complexity index is 887. The summed E-state index contributed by atoms with van der Waals surface area (Å²) in [6.07, 6.45) is 1.91. The summed E-state index contributed by atoms with van der Waals surface area (Å²) in [5, 5.41) is 0.931. The number of halogens is 2. The second-order valence-corrected chi connectivity index (χ2v) is 5.92. The Morgan fingerprint density at radius 2 is 1.88 bits per heavy atom. The fourth-order valence-electron chi connectivity index (χ4n) is 2.44. The van der Waals surface area contributed by atoms with E-state index in [4.69, 9.17) is 39.4 Å². The van der Waals surface area contributed by atoms with Crippen LogP contribution in [0.15, 0.2) is 47.5 Å². The smallest absolute Gasteiger partial charge is 0.280 e. The average Bonchev–Trinajstić information content (AvgIpc) is 2.55. The van der Waals surface area contributed by atoms with Gasteiger partial charge in [-0.1, -0.05) is 29.3 Å². The Hall–Kier alpha value is -2.50. The number of guanidine groups is 1. The van der Waals surface area contributed by atoms with E-state index in [2.05, 4.69) is 4.99 Å². The Balaban J connectivity index is 2.07. The monoisotopic (exact) mass is 361 g/mol. The van der Waals surface area contributed by atoms with Gasteiger partial charge in [-0.05, 0) is 47.5 Å². The fraction of sp³-hybridized carbons (Fsp3) is 0.0588. The minimum absolute atomic E-state index is 0.283. The molecule has 0 saturated carbocycles. The topological polar surface area (TPSA) is 90.7 Å². The summed E-state index contributed by atoms with van der Waals surface area (Å²) in [4.78, 5) is 15.6. The van der Waals surface area contributed by atoms with Crippen molar-refractivity contribution in [3.63, 3.8) is 0 Å². The third-order valence-electron chi connectivity index (χ3n) is 3.50. The number of benzene rings is 2. The van der Waals surface area contributed by atoms with E-state index in [1.807, 2.05) is 12.1 Å². The number of amides is 1. The zero-order valence-electron chi connectivity index (χ0n) is 12.4. The molecule has 0 fully saturated rings. The first-order valence-corrected chi connectivity index (χ1v) is 7.78. The SMILES string of the molecule is NC(N)=NC(=O)c1ccc2c(c1)C(c1ccc(Cl)c(Cl)c1)=CCO2. The molecular weight excluding hydrogens is 349 g/mol. The van der Waals surface area contributed by atoms with E-state index in [0.29, 0.717) is 28.0 Å². The average molecular weight is 362 g/mol. The second kappa shape index (κ2) is 6.55. The third-order valence-corrected chi connectivity index (χ3v) is 4.24. The number of nitrogens with zero attached hydrogens (tertiary/aromatic N) is 1. The highest BCUT2D eigenvalue weighted by Gasteiger charge is 2.18. The minimum Gasteiger partial charge on any atom is -0.489 e. The number of hydrogen-bond acceptors (Lipinski definition) is 2. The van der Waals surface area contributed by atoms with Crippen molar-refractivity contribution in [2.24, 2.45) is 16.5 Å². The number of carbonyl (C=O) groups excluding carboxylic acids is 1. The van der Waals surface area contributed by atoms with Gasteiger partial charge in [0.05, 0.1) is 10.0 Å². The molecule has 7 heteroatoms. The molecule has 0 spiro atoms. The van der Waals surface area contributed by atoms with E-state index in [0.717, 1.165) is 16.7 Å². The Labute approximate surface area is 148 Å². The van der Waals surface area contributed by atoms with Crippen LogP contribution >= 0.6 is 23.2 Å². The van der Waals surface area contributed by atoms with Gasteiger partial charge in [-0.25, -0.2) is 0 Å². The zero-order chi connectivity index (χ0) is 17.3. The molecule has 1 amide bonds. The summed E-state index contributed by atoms with van der Waals surface area (Å²) in [7, 11) is 0. The van der Waals surface area contributed by atoms with Crippen LogP contribution in [-0.2, 0) is 0 Å². The summed E-state index contributed by atoms with van der Waals surface area (Å²) in [5.74, 6) is -0.133. The molecule has 122 valence electrons. The van der Waals surface area contributed by atoms with Crippen LogP contribution in [0.3, 0.4) is 0 Å². The molecule has 2 aromatic rings. The van der Waals surface area contributed by atoms with Gasteiger partial charge >= 0.3 is 0 Å². The predicted molar refractivity (Wildman–Crippen MR) is 95.6 cm³/mol. The normalized spacial score (nSPS) is 12.7. The van der Waals surface area contributed by atoms with Crippen LogP contribution in [0.25, 0.3) is 5.57 Å². The van der Waals surface area contributed by atoms with Crippen LogP contribution in [0.5, 0.6) is 5.75 Å². The van der Waals surface area contributed by atoms with Crippen LogP contribution in [-0.4, -0.2) is 18.5 Å². The summed E-state index contributed by atoms with van der Waals surface area (Å²) in [6, 6.07) is 10.4. The number of rotatable bonds is 2. The number of ether oxygens (including phenoxy) is 1. The fourth-order valence-corrected chi connectivity index (χ4v) is 2.74. The number of aliphatic imine (C=N–C) groups is 1. The van der Waals surface area contributed by atoms with Crippen molar-refractivity contribution in [1.82, 2.24) is 0 Å². The highest BCUT2D eigenvalue weighted by molar-refractivity contribution is 6.42. The van der Waals surface area contributed by atoms with Gasteiger partial charge in [0.2, 0.25) is 0 Å². The van der Waals surface area contributed by atoms with Crippen molar-refractivity contribution in [2.45, 2.75) is 0 Å². The number of hydrogen-bond donors (Lipinski definition) is 2. The van der Waals surface area contributed by atoms with Gasteiger partial charge in [-0.2, -0.15) is 4.99 Å². The van der Waals surface area contributed by atoms with Gasteiger partial charge < -0.3 is 16.2 Å². The molecule has 0 atom stereocenters. The molecule has 3 rings (SSSR count). The van der Waals surface area contributed by atoms with Gasteiger partial charge in [0.15, 0.2) is 5.96 Å². The Morgan fingerprint density at radius 3 is 2.58 bits per heavy atom. The van der Waals surface area contributed by atoms with Crippen molar-refractivity contribution < 1.29 is 9.53 Å². The van der Waals surface area contributed by atoms with Gasteiger partial charge in [-0.3, -0.25) is 4.79 Å². The highest BCUT2D eigenvalue weighted by Crippen LogP contribution is 2.37. The second-order valence-electron chi connectivity index (χ2n) is 5.11. The molecule has 0 aliphatic carbocycles. The first-order valence-electron chi connectivity index (χ1n) is 7.02. The summed E-state index contributed by atoms with van der Waals surface area (Å²) in [6.45, 7) is 0.420. The molecule has 4 N–H and O–H groups in total. The van der Waals surface area contributed by atoms with Crippen LogP contribution in [0.2, 0.25) is 10.0 Å². The molecule has 1 aliphatic rings. The maximum absolute atomic E-state index is 12.0. The molecule has 1 heterocycles. The van der Waals surface area contributed by atoms with Crippen molar-refractivity contribution in [2.75, 3.05) is 6.61 Å². The first-order chi connectivity index (χ1) is 11.5. The molecule has 1 aliphatic heterocycles.